The van der Waals surface area contributed by atoms with E-state index >= 15 is 14.4 Å². The van der Waals surface area contributed by atoms with Gasteiger partial charge in [-0.15, -0.1) is 6.58 Å². The number of nitro benzene ring substituents is 1. The average molecular weight is 895 g/mol. The van der Waals surface area contributed by atoms with Crippen LogP contribution in [-0.4, -0.2) is 58.5 Å². The summed E-state index contributed by atoms with van der Waals surface area (Å²) in [5, 5.41) is 24.9. The van der Waals surface area contributed by atoms with Crippen LogP contribution in [-0.2, 0) is 35.9 Å². The first-order valence-electron chi connectivity index (χ1n) is 21.4. The second-order valence-electron chi connectivity index (χ2n) is 16.2. The van der Waals surface area contributed by atoms with Crippen LogP contribution in [0.1, 0.15) is 57.1 Å². The number of amides is 3. The molecule has 1 spiro atoms. The number of nitrogens with zero attached hydrogens (tertiary/aromatic N) is 3. The van der Waals surface area contributed by atoms with Gasteiger partial charge in [-0.1, -0.05) is 90.7 Å². The van der Waals surface area contributed by atoms with Crippen LogP contribution < -0.4 is 15.0 Å². The highest BCUT2D eigenvalue weighted by Gasteiger charge is 2.75. The van der Waals surface area contributed by atoms with Crippen molar-refractivity contribution in [2.45, 2.75) is 36.3 Å². The first-order valence-corrected chi connectivity index (χ1v) is 21.4. The Morgan fingerprint density at radius 1 is 0.836 bits per heavy atom. The lowest BCUT2D eigenvalue weighted by Gasteiger charge is -2.46. The fraction of sp³-hybridized carbons (Fsp3) is 0.170. The lowest BCUT2D eigenvalue weighted by atomic mass is 9.65. The van der Waals surface area contributed by atoms with Crippen LogP contribution in [0.2, 0.25) is 0 Å². The van der Waals surface area contributed by atoms with Crippen LogP contribution in [0, 0.1) is 27.9 Å². The van der Waals surface area contributed by atoms with Gasteiger partial charge < -0.3 is 24.6 Å². The molecular weight excluding hydrogens is 853 g/mol. The van der Waals surface area contributed by atoms with Crippen molar-refractivity contribution in [1.29, 1.82) is 0 Å². The standard InChI is InChI=1S/C53H42N4O10/c1-3-30-54-49(59)44-46-50(60)67-47(37-12-8-5-9-13-37)45(36-10-6-4-7-11-36)56(46)48(38-21-25-40(58)26-22-38)53(44)42-31-34(15-14-33-18-27-41(65-2)28-19-33)20-29-43(42)55(51(53)61)52(62)66-32-35-16-23-39(24-17-35)57(63)64/h3-13,16-29,31,44-48,58H,1,30,32H2,2H3,(H,54,59)/t44-,45-,46-,47+,48+,53-/m0/s1. The average Bonchev–Trinajstić information content (AvgIpc) is 3.81. The smallest absolute Gasteiger partial charge is 0.421 e. The van der Waals surface area contributed by atoms with Gasteiger partial charge in [0.2, 0.25) is 11.8 Å². The van der Waals surface area contributed by atoms with Gasteiger partial charge in [0.1, 0.15) is 35.7 Å². The monoisotopic (exact) mass is 894 g/mol. The maximum absolute atomic E-state index is 16.3. The summed E-state index contributed by atoms with van der Waals surface area (Å²) < 4.78 is 17.6. The van der Waals surface area contributed by atoms with Gasteiger partial charge >= 0.3 is 12.1 Å². The number of carbonyl (C=O) groups excluding carboxylic acids is 4. The Hall–Kier alpha value is -8.54. The van der Waals surface area contributed by atoms with Crippen molar-refractivity contribution in [3.8, 4) is 23.3 Å². The van der Waals surface area contributed by atoms with Gasteiger partial charge in [-0.05, 0) is 94.5 Å². The number of aromatic hydroxyl groups is 1. The number of phenols is 1. The fourth-order valence-electron chi connectivity index (χ4n) is 9.65. The first kappa shape index (κ1) is 43.7. The number of esters is 1. The largest absolute Gasteiger partial charge is 0.508 e. The summed E-state index contributed by atoms with van der Waals surface area (Å²) >= 11 is 0. The number of benzene rings is 6. The number of anilines is 1. The van der Waals surface area contributed by atoms with E-state index in [2.05, 4.69) is 23.7 Å². The van der Waals surface area contributed by atoms with Crippen LogP contribution in [0.5, 0.6) is 11.5 Å². The molecule has 0 aromatic heterocycles. The predicted molar refractivity (Wildman–Crippen MR) is 245 cm³/mol. The molecule has 3 heterocycles. The highest BCUT2D eigenvalue weighted by atomic mass is 16.6. The number of morpholine rings is 1. The fourth-order valence-corrected chi connectivity index (χ4v) is 9.65. The first-order chi connectivity index (χ1) is 32.5. The quantitative estimate of drug-likeness (QED) is 0.0448. The number of cyclic esters (lactones) is 1. The van der Waals surface area contributed by atoms with Crippen LogP contribution in [0.4, 0.5) is 16.2 Å². The van der Waals surface area contributed by atoms with Crippen LogP contribution in [0.15, 0.2) is 164 Å². The van der Waals surface area contributed by atoms with Crippen molar-refractivity contribution in [3.63, 3.8) is 0 Å². The molecule has 14 nitrogen and oxygen atoms in total. The minimum atomic E-state index is -2.09. The van der Waals surface area contributed by atoms with Crippen molar-refractivity contribution >= 4 is 35.3 Å². The number of non-ortho nitro benzene ring substituents is 1. The summed E-state index contributed by atoms with van der Waals surface area (Å²) in [6.07, 6.45) is -0.562. The SMILES string of the molecule is C=CCNC(=O)[C@@H]1[C@H]2C(=O)O[C@H](c3ccccc3)[C@H](c3ccccc3)N2[C@H](c2ccc(O)cc2)[C@@]12C(=O)N(C(=O)OCc1ccc([N+](=O)[O-])cc1)c1ccc(C#Cc3ccc(OC)cc3)cc12. The lowest BCUT2D eigenvalue weighted by molar-refractivity contribution is -0.384. The summed E-state index contributed by atoms with van der Waals surface area (Å²) in [6.45, 7) is 3.40. The maximum atomic E-state index is 16.3. The number of imide groups is 1. The number of nitrogens with one attached hydrogen (secondary N) is 1. The number of methoxy groups -OCH3 is 1. The molecule has 334 valence electrons. The van der Waals surface area contributed by atoms with Gasteiger partial charge in [-0.2, -0.15) is 0 Å². The molecule has 6 aromatic carbocycles. The summed E-state index contributed by atoms with van der Waals surface area (Å²) in [5.41, 5.74) is 1.35. The Kier molecular flexibility index (Phi) is 11.8. The molecule has 6 atom stereocenters. The number of phenolic OH excluding ortho intramolecular Hbond substituents is 1. The summed E-state index contributed by atoms with van der Waals surface area (Å²) in [7, 11) is 1.56. The normalized spacial score (nSPS) is 21.6. The molecule has 9 rings (SSSR count). The highest BCUT2D eigenvalue weighted by molar-refractivity contribution is 6.23. The van der Waals surface area contributed by atoms with E-state index < -0.39 is 64.4 Å². The Morgan fingerprint density at radius 2 is 1.48 bits per heavy atom. The van der Waals surface area contributed by atoms with E-state index in [-0.39, 0.29) is 35.8 Å². The van der Waals surface area contributed by atoms with Gasteiger partial charge in [0, 0.05) is 29.8 Å². The lowest BCUT2D eigenvalue weighted by Crippen LogP contribution is -2.55. The third-order valence-electron chi connectivity index (χ3n) is 12.5. The van der Waals surface area contributed by atoms with Gasteiger partial charge in [-0.25, -0.2) is 9.69 Å². The number of rotatable bonds is 10. The molecule has 3 aliphatic rings. The minimum absolute atomic E-state index is 0.0266. The summed E-state index contributed by atoms with van der Waals surface area (Å²) in [5.74, 6) is 3.03. The molecule has 0 unspecified atom stereocenters. The second-order valence-corrected chi connectivity index (χ2v) is 16.2. The van der Waals surface area contributed by atoms with E-state index in [1.807, 2.05) is 65.6 Å². The van der Waals surface area contributed by atoms with Gasteiger partial charge in [0.05, 0.1) is 35.7 Å². The Morgan fingerprint density at radius 3 is 2.12 bits per heavy atom. The summed E-state index contributed by atoms with van der Waals surface area (Å²) in [4.78, 5) is 74.9. The molecule has 0 saturated carbocycles. The van der Waals surface area contributed by atoms with E-state index in [9.17, 15) is 20.0 Å². The number of fused-ring (bicyclic) bond motifs is 3. The third kappa shape index (κ3) is 7.81. The van der Waals surface area contributed by atoms with Crippen molar-refractivity contribution in [3.05, 3.63) is 213 Å². The molecule has 2 fully saturated rings. The van der Waals surface area contributed by atoms with E-state index in [0.29, 0.717) is 39.1 Å². The zero-order valence-corrected chi connectivity index (χ0v) is 36.0. The van der Waals surface area contributed by atoms with Crippen molar-refractivity contribution < 1.29 is 43.4 Å². The van der Waals surface area contributed by atoms with Crippen LogP contribution in [0.3, 0.4) is 0 Å². The molecule has 14 heteroatoms. The Labute approximate surface area is 385 Å². The minimum Gasteiger partial charge on any atom is -0.508 e. The highest BCUT2D eigenvalue weighted by Crippen LogP contribution is 2.66. The molecular formula is C53H42N4O10. The molecule has 6 aromatic rings. The molecule has 2 saturated heterocycles. The van der Waals surface area contributed by atoms with Crippen LogP contribution >= 0.6 is 0 Å². The number of nitro groups is 1. The molecule has 67 heavy (non-hydrogen) atoms. The number of hydrogen-bond acceptors (Lipinski definition) is 11. The number of hydrogen-bond donors (Lipinski definition) is 2. The predicted octanol–water partition coefficient (Wildman–Crippen LogP) is 8.01. The van der Waals surface area contributed by atoms with E-state index in [1.54, 1.807) is 61.7 Å². The van der Waals surface area contributed by atoms with E-state index in [4.69, 9.17) is 14.2 Å². The van der Waals surface area contributed by atoms with Crippen LogP contribution in [0.25, 0.3) is 0 Å². The third-order valence-corrected chi connectivity index (χ3v) is 12.5. The van der Waals surface area contributed by atoms with Crippen molar-refractivity contribution in [2.24, 2.45) is 5.92 Å². The molecule has 0 radical (unpaired) electrons. The van der Waals surface area contributed by atoms with Crippen molar-refractivity contribution in [1.82, 2.24) is 10.2 Å². The van der Waals surface area contributed by atoms with Gasteiger partial charge in [-0.3, -0.25) is 29.4 Å². The number of ether oxygens (including phenoxy) is 3. The molecule has 3 aliphatic heterocycles. The van der Waals surface area contributed by atoms with Gasteiger partial charge in [0.25, 0.3) is 5.69 Å². The van der Waals surface area contributed by atoms with E-state index in [1.165, 1.54) is 42.5 Å². The van der Waals surface area contributed by atoms with Gasteiger partial charge in [0.15, 0.2) is 0 Å². The van der Waals surface area contributed by atoms with Crippen molar-refractivity contribution in [2.75, 3.05) is 18.6 Å². The molecule has 0 aliphatic carbocycles. The Bertz CT molecular complexity index is 2950. The van der Waals surface area contributed by atoms with E-state index in [0.717, 1.165) is 4.90 Å². The summed E-state index contributed by atoms with van der Waals surface area (Å²) in [6, 6.07) is 38.7. The molecule has 0 bridgehead atoms. The Balaban J connectivity index is 1.30. The molecule has 3 amide bonds. The molecule has 2 N–H and O–H groups in total. The second kappa shape index (κ2) is 18.1. The topological polar surface area (TPSA) is 178 Å². The number of carbonyl (C=O) groups is 4. The zero-order valence-electron chi connectivity index (χ0n) is 36.0. The zero-order chi connectivity index (χ0) is 46.8. The maximum Gasteiger partial charge on any atom is 0.421 e.